The maximum absolute atomic E-state index is 6.22. The number of methoxy groups -OCH3 is 1. The van der Waals surface area contributed by atoms with Gasteiger partial charge in [0.15, 0.2) is 0 Å². The van der Waals surface area contributed by atoms with Crippen molar-refractivity contribution in [1.82, 2.24) is 4.90 Å². The number of rotatable bonds is 4. The normalized spacial score (nSPS) is 36.3. The van der Waals surface area contributed by atoms with Gasteiger partial charge in [0, 0.05) is 25.7 Å². The van der Waals surface area contributed by atoms with E-state index in [4.69, 9.17) is 10.5 Å². The molecule has 0 amide bonds. The number of hydrogen-bond donors (Lipinski definition) is 1. The standard InChI is InChI=1S/C16H32N2O/c1-15(2)6-4-7-16(13-17,9-8-15)18-10-5-14(11-18)12-19-3/h14H,4-13,17H2,1-3H3. The Balaban J connectivity index is 2.02. The minimum absolute atomic E-state index is 0.274. The third kappa shape index (κ3) is 3.50. The van der Waals surface area contributed by atoms with Crippen LogP contribution in [0.25, 0.3) is 0 Å². The summed E-state index contributed by atoms with van der Waals surface area (Å²) < 4.78 is 5.33. The highest BCUT2D eigenvalue weighted by Gasteiger charge is 2.41. The zero-order valence-electron chi connectivity index (χ0n) is 13.1. The summed E-state index contributed by atoms with van der Waals surface area (Å²) in [5, 5.41) is 0. The largest absolute Gasteiger partial charge is 0.384 e. The second-order valence-electron chi connectivity index (χ2n) is 7.50. The van der Waals surface area contributed by atoms with E-state index in [1.807, 2.05) is 7.11 Å². The molecule has 0 aromatic rings. The van der Waals surface area contributed by atoms with Crippen LogP contribution >= 0.6 is 0 Å². The van der Waals surface area contributed by atoms with Gasteiger partial charge < -0.3 is 10.5 Å². The average Bonchev–Trinajstić information content (AvgIpc) is 2.77. The van der Waals surface area contributed by atoms with Gasteiger partial charge in [-0.1, -0.05) is 20.3 Å². The molecular weight excluding hydrogens is 236 g/mol. The third-order valence-electron chi connectivity index (χ3n) is 5.50. The van der Waals surface area contributed by atoms with Gasteiger partial charge in [0.2, 0.25) is 0 Å². The summed E-state index contributed by atoms with van der Waals surface area (Å²) in [6, 6.07) is 0. The van der Waals surface area contributed by atoms with E-state index in [-0.39, 0.29) is 5.54 Å². The number of nitrogens with zero attached hydrogens (tertiary/aromatic N) is 1. The van der Waals surface area contributed by atoms with E-state index < -0.39 is 0 Å². The van der Waals surface area contributed by atoms with E-state index >= 15 is 0 Å². The second-order valence-corrected chi connectivity index (χ2v) is 7.50. The van der Waals surface area contributed by atoms with Gasteiger partial charge in [-0.3, -0.25) is 4.90 Å². The van der Waals surface area contributed by atoms with Crippen LogP contribution in [0.5, 0.6) is 0 Å². The molecule has 19 heavy (non-hydrogen) atoms. The Labute approximate surface area is 118 Å². The van der Waals surface area contributed by atoms with Crippen LogP contribution in [-0.4, -0.2) is 43.8 Å². The summed E-state index contributed by atoms with van der Waals surface area (Å²) in [4.78, 5) is 2.69. The van der Waals surface area contributed by atoms with Gasteiger partial charge in [-0.15, -0.1) is 0 Å². The predicted molar refractivity (Wildman–Crippen MR) is 80.2 cm³/mol. The number of hydrogen-bond acceptors (Lipinski definition) is 3. The van der Waals surface area contributed by atoms with Gasteiger partial charge in [0.05, 0.1) is 6.61 Å². The second kappa shape index (κ2) is 6.11. The molecule has 0 spiro atoms. The van der Waals surface area contributed by atoms with Crippen LogP contribution in [-0.2, 0) is 4.74 Å². The minimum atomic E-state index is 0.274. The van der Waals surface area contributed by atoms with E-state index in [1.165, 1.54) is 51.6 Å². The van der Waals surface area contributed by atoms with Crippen LogP contribution < -0.4 is 5.73 Å². The number of likely N-dealkylation sites (tertiary alicyclic amines) is 1. The highest BCUT2D eigenvalue weighted by Crippen LogP contribution is 2.41. The Kier molecular flexibility index (Phi) is 4.91. The fraction of sp³-hybridized carbons (Fsp3) is 1.00. The first-order valence-electron chi connectivity index (χ1n) is 7.95. The van der Waals surface area contributed by atoms with Crippen LogP contribution in [0.3, 0.4) is 0 Å². The van der Waals surface area contributed by atoms with Gasteiger partial charge >= 0.3 is 0 Å². The molecule has 0 aromatic carbocycles. The first-order valence-corrected chi connectivity index (χ1v) is 7.95. The number of ether oxygens (including phenoxy) is 1. The fourth-order valence-corrected chi connectivity index (χ4v) is 4.00. The Morgan fingerprint density at radius 3 is 2.68 bits per heavy atom. The molecule has 0 bridgehead atoms. The maximum Gasteiger partial charge on any atom is 0.0503 e. The molecule has 2 fully saturated rings. The van der Waals surface area contributed by atoms with E-state index in [0.717, 1.165) is 13.2 Å². The van der Waals surface area contributed by atoms with Crippen molar-refractivity contribution >= 4 is 0 Å². The molecule has 3 nitrogen and oxygen atoms in total. The summed E-state index contributed by atoms with van der Waals surface area (Å²) in [6.45, 7) is 8.96. The maximum atomic E-state index is 6.22. The van der Waals surface area contributed by atoms with Crippen LogP contribution in [0.15, 0.2) is 0 Å². The molecular formula is C16H32N2O. The quantitative estimate of drug-likeness (QED) is 0.797. The van der Waals surface area contributed by atoms with E-state index in [0.29, 0.717) is 11.3 Å². The van der Waals surface area contributed by atoms with Gasteiger partial charge in [0.1, 0.15) is 0 Å². The summed E-state index contributed by atoms with van der Waals surface area (Å²) in [7, 11) is 1.82. The molecule has 0 aromatic heterocycles. The molecule has 0 radical (unpaired) electrons. The van der Waals surface area contributed by atoms with Gasteiger partial charge in [0.25, 0.3) is 0 Å². The highest BCUT2D eigenvalue weighted by atomic mass is 16.5. The monoisotopic (exact) mass is 268 g/mol. The molecule has 2 aliphatic rings. The zero-order valence-corrected chi connectivity index (χ0v) is 13.1. The molecule has 2 N–H and O–H groups in total. The molecule has 1 saturated carbocycles. The van der Waals surface area contributed by atoms with E-state index in [9.17, 15) is 0 Å². The summed E-state index contributed by atoms with van der Waals surface area (Å²) in [6.07, 6.45) is 7.83. The van der Waals surface area contributed by atoms with Crippen molar-refractivity contribution in [2.24, 2.45) is 17.1 Å². The third-order valence-corrected chi connectivity index (χ3v) is 5.50. The van der Waals surface area contributed by atoms with Gasteiger partial charge in [-0.05, 0) is 50.0 Å². The molecule has 1 aliphatic carbocycles. The average molecular weight is 268 g/mol. The molecule has 1 aliphatic heterocycles. The van der Waals surface area contributed by atoms with Crippen LogP contribution in [0, 0.1) is 11.3 Å². The van der Waals surface area contributed by atoms with Crippen molar-refractivity contribution in [3.63, 3.8) is 0 Å². The van der Waals surface area contributed by atoms with Crippen molar-refractivity contribution < 1.29 is 4.74 Å². The molecule has 1 heterocycles. The first-order chi connectivity index (χ1) is 9.01. The Bertz CT molecular complexity index is 292. The van der Waals surface area contributed by atoms with Crippen molar-refractivity contribution in [2.75, 3.05) is 33.4 Å². The zero-order chi connectivity index (χ0) is 13.9. The topological polar surface area (TPSA) is 38.5 Å². The minimum Gasteiger partial charge on any atom is -0.384 e. The SMILES string of the molecule is COCC1CCN(C2(CN)CCCC(C)(C)CC2)C1. The first kappa shape index (κ1) is 15.3. The van der Waals surface area contributed by atoms with Crippen LogP contribution in [0.1, 0.15) is 52.4 Å². The molecule has 3 heteroatoms. The lowest BCUT2D eigenvalue weighted by atomic mass is 9.83. The lowest BCUT2D eigenvalue weighted by molar-refractivity contribution is 0.0868. The summed E-state index contributed by atoms with van der Waals surface area (Å²) >= 11 is 0. The van der Waals surface area contributed by atoms with Gasteiger partial charge in [-0.25, -0.2) is 0 Å². The van der Waals surface area contributed by atoms with E-state index in [2.05, 4.69) is 18.7 Å². The van der Waals surface area contributed by atoms with Crippen LogP contribution in [0.2, 0.25) is 0 Å². The summed E-state index contributed by atoms with van der Waals surface area (Å²) in [5.74, 6) is 0.713. The molecule has 2 atom stereocenters. The van der Waals surface area contributed by atoms with Crippen molar-refractivity contribution in [2.45, 2.75) is 57.9 Å². The lowest BCUT2D eigenvalue weighted by Gasteiger charge is -2.41. The smallest absolute Gasteiger partial charge is 0.0503 e. The van der Waals surface area contributed by atoms with Gasteiger partial charge in [-0.2, -0.15) is 0 Å². The van der Waals surface area contributed by atoms with Crippen molar-refractivity contribution in [1.29, 1.82) is 0 Å². The number of nitrogens with two attached hydrogens (primary N) is 1. The highest BCUT2D eigenvalue weighted by molar-refractivity contribution is 4.98. The van der Waals surface area contributed by atoms with E-state index in [1.54, 1.807) is 0 Å². The molecule has 112 valence electrons. The summed E-state index contributed by atoms with van der Waals surface area (Å²) in [5.41, 5.74) is 7.00. The Hall–Kier alpha value is -0.120. The molecule has 2 unspecified atom stereocenters. The van der Waals surface area contributed by atoms with Crippen molar-refractivity contribution in [3.8, 4) is 0 Å². The molecule has 2 rings (SSSR count). The fourth-order valence-electron chi connectivity index (χ4n) is 4.00. The Morgan fingerprint density at radius 2 is 2.00 bits per heavy atom. The molecule has 1 saturated heterocycles. The van der Waals surface area contributed by atoms with Crippen molar-refractivity contribution in [3.05, 3.63) is 0 Å². The predicted octanol–water partition coefficient (Wildman–Crippen LogP) is 2.64. The lowest BCUT2D eigenvalue weighted by Crippen LogP contribution is -2.52. The van der Waals surface area contributed by atoms with Crippen LogP contribution in [0.4, 0.5) is 0 Å². The Morgan fingerprint density at radius 1 is 1.21 bits per heavy atom.